The van der Waals surface area contributed by atoms with Crippen LogP contribution in [-0.2, 0) is 4.74 Å². The molecule has 0 saturated carbocycles. The number of morpholine rings is 1. The minimum atomic E-state index is -0.135. The second-order valence-corrected chi connectivity index (χ2v) is 5.29. The fourth-order valence-electron chi connectivity index (χ4n) is 2.17. The molecule has 6 heteroatoms. The molecule has 1 aliphatic heterocycles. The second-order valence-electron chi connectivity index (χ2n) is 4.88. The van der Waals surface area contributed by atoms with Crippen LogP contribution in [0.4, 0.5) is 0 Å². The number of benzene rings is 1. The molecule has 1 aromatic carbocycles. The van der Waals surface area contributed by atoms with Crippen molar-refractivity contribution in [3.05, 3.63) is 48.0 Å². The van der Waals surface area contributed by atoms with Crippen LogP contribution in [0.2, 0.25) is 5.02 Å². The molecule has 1 amide bonds. The number of carbonyl (C=O) groups excluding carboxylic acids is 1. The molecule has 0 spiro atoms. The van der Waals surface area contributed by atoms with Gasteiger partial charge in [0.15, 0.2) is 0 Å². The second kappa shape index (κ2) is 8.60. The van der Waals surface area contributed by atoms with Gasteiger partial charge in [-0.05, 0) is 6.07 Å². The summed E-state index contributed by atoms with van der Waals surface area (Å²) in [6, 6.07) is 3.21. The van der Waals surface area contributed by atoms with Crippen LogP contribution < -0.4 is 9.47 Å². The molecule has 0 aliphatic carbocycles. The molecule has 0 radical (unpaired) electrons. The van der Waals surface area contributed by atoms with Crippen LogP contribution in [0.15, 0.2) is 37.4 Å². The lowest BCUT2D eigenvalue weighted by molar-refractivity contribution is 0.0300. The van der Waals surface area contributed by atoms with E-state index in [-0.39, 0.29) is 12.5 Å². The van der Waals surface area contributed by atoms with Gasteiger partial charge < -0.3 is 19.1 Å². The van der Waals surface area contributed by atoms with Gasteiger partial charge in [0.1, 0.15) is 24.7 Å². The molecule has 1 saturated heterocycles. The standard InChI is InChI=1S/C17H20ClNO4/c1-3-7-22-15-12-16(23-8-4-2)14(18)11-13(15)17(20)19-5-9-21-10-6-19/h3-4,11-12H,1-2,5-10H2. The third-order valence-electron chi connectivity index (χ3n) is 3.28. The lowest BCUT2D eigenvalue weighted by atomic mass is 10.1. The smallest absolute Gasteiger partial charge is 0.257 e. The Balaban J connectivity index is 2.31. The Labute approximate surface area is 141 Å². The van der Waals surface area contributed by atoms with Gasteiger partial charge in [-0.15, -0.1) is 0 Å². The zero-order chi connectivity index (χ0) is 16.7. The van der Waals surface area contributed by atoms with Crippen molar-refractivity contribution in [1.29, 1.82) is 0 Å². The molecule has 0 unspecified atom stereocenters. The molecule has 0 N–H and O–H groups in total. The fourth-order valence-corrected chi connectivity index (χ4v) is 2.38. The summed E-state index contributed by atoms with van der Waals surface area (Å²) in [5.74, 6) is 0.735. The Bertz CT molecular complexity index is 582. The number of hydrogen-bond donors (Lipinski definition) is 0. The maximum Gasteiger partial charge on any atom is 0.257 e. The Morgan fingerprint density at radius 2 is 1.78 bits per heavy atom. The first kappa shape index (κ1) is 17.4. The van der Waals surface area contributed by atoms with Crippen LogP contribution in [-0.4, -0.2) is 50.3 Å². The lowest BCUT2D eigenvalue weighted by Gasteiger charge is -2.27. The fraction of sp³-hybridized carbons (Fsp3) is 0.353. The normalized spacial score (nSPS) is 14.2. The number of rotatable bonds is 7. The van der Waals surface area contributed by atoms with E-state index in [4.69, 9.17) is 25.8 Å². The number of ether oxygens (including phenoxy) is 3. The van der Waals surface area contributed by atoms with Gasteiger partial charge in [-0.3, -0.25) is 4.79 Å². The van der Waals surface area contributed by atoms with E-state index in [1.54, 1.807) is 29.2 Å². The van der Waals surface area contributed by atoms with Gasteiger partial charge in [0.05, 0.1) is 23.8 Å². The quantitative estimate of drug-likeness (QED) is 0.718. The highest BCUT2D eigenvalue weighted by Gasteiger charge is 2.23. The highest BCUT2D eigenvalue weighted by atomic mass is 35.5. The van der Waals surface area contributed by atoms with Crippen molar-refractivity contribution in [1.82, 2.24) is 4.90 Å². The van der Waals surface area contributed by atoms with Crippen molar-refractivity contribution in [3.8, 4) is 11.5 Å². The van der Waals surface area contributed by atoms with Crippen molar-refractivity contribution < 1.29 is 19.0 Å². The zero-order valence-corrected chi connectivity index (χ0v) is 13.7. The van der Waals surface area contributed by atoms with Crippen LogP contribution in [0.5, 0.6) is 11.5 Å². The van der Waals surface area contributed by atoms with Crippen LogP contribution in [0.3, 0.4) is 0 Å². The maximum absolute atomic E-state index is 12.7. The van der Waals surface area contributed by atoms with Crippen LogP contribution in [0.25, 0.3) is 0 Å². The molecule has 1 aliphatic rings. The summed E-state index contributed by atoms with van der Waals surface area (Å²) in [5.41, 5.74) is 0.407. The van der Waals surface area contributed by atoms with E-state index in [1.165, 1.54) is 0 Å². The predicted octanol–water partition coefficient (Wildman–Crippen LogP) is 2.94. The minimum absolute atomic E-state index is 0.135. The van der Waals surface area contributed by atoms with Crippen LogP contribution >= 0.6 is 11.6 Å². The molecule has 1 aromatic rings. The van der Waals surface area contributed by atoms with Crippen molar-refractivity contribution in [2.75, 3.05) is 39.5 Å². The molecule has 2 rings (SSSR count). The lowest BCUT2D eigenvalue weighted by Crippen LogP contribution is -2.40. The first-order chi connectivity index (χ1) is 11.2. The molecule has 0 aromatic heterocycles. The number of amides is 1. The number of hydrogen-bond acceptors (Lipinski definition) is 4. The van der Waals surface area contributed by atoms with E-state index < -0.39 is 0 Å². The average molecular weight is 338 g/mol. The van der Waals surface area contributed by atoms with Crippen molar-refractivity contribution in [2.45, 2.75) is 0 Å². The van der Waals surface area contributed by atoms with E-state index in [1.807, 2.05) is 0 Å². The van der Waals surface area contributed by atoms with Gasteiger partial charge in [0.2, 0.25) is 0 Å². The third kappa shape index (κ3) is 4.50. The molecule has 0 atom stereocenters. The molecular formula is C17H20ClNO4. The summed E-state index contributed by atoms with van der Waals surface area (Å²) >= 11 is 6.22. The molecule has 124 valence electrons. The minimum Gasteiger partial charge on any atom is -0.489 e. The number of carbonyl (C=O) groups is 1. The van der Waals surface area contributed by atoms with Crippen molar-refractivity contribution in [3.63, 3.8) is 0 Å². The highest BCUT2D eigenvalue weighted by Crippen LogP contribution is 2.34. The molecule has 1 fully saturated rings. The van der Waals surface area contributed by atoms with E-state index in [2.05, 4.69) is 13.2 Å². The topological polar surface area (TPSA) is 48.0 Å². The molecule has 5 nitrogen and oxygen atoms in total. The summed E-state index contributed by atoms with van der Waals surface area (Å²) in [7, 11) is 0. The third-order valence-corrected chi connectivity index (χ3v) is 3.57. The monoisotopic (exact) mass is 337 g/mol. The largest absolute Gasteiger partial charge is 0.489 e. The van der Waals surface area contributed by atoms with Gasteiger partial charge in [0, 0.05) is 19.2 Å². The Morgan fingerprint density at radius 3 is 2.39 bits per heavy atom. The zero-order valence-electron chi connectivity index (χ0n) is 12.9. The van der Waals surface area contributed by atoms with Crippen molar-refractivity contribution in [2.24, 2.45) is 0 Å². The van der Waals surface area contributed by atoms with E-state index in [0.717, 1.165) is 0 Å². The van der Waals surface area contributed by atoms with Gasteiger partial charge in [-0.1, -0.05) is 36.9 Å². The summed E-state index contributed by atoms with van der Waals surface area (Å²) in [4.78, 5) is 14.4. The molecule has 1 heterocycles. The number of nitrogens with zero attached hydrogens (tertiary/aromatic N) is 1. The van der Waals surface area contributed by atoms with E-state index >= 15 is 0 Å². The van der Waals surface area contributed by atoms with E-state index in [9.17, 15) is 4.79 Å². The summed E-state index contributed by atoms with van der Waals surface area (Å²) in [6.45, 7) is 9.98. The van der Waals surface area contributed by atoms with Gasteiger partial charge in [-0.25, -0.2) is 0 Å². The first-order valence-electron chi connectivity index (χ1n) is 7.35. The predicted molar refractivity (Wildman–Crippen MR) is 89.6 cm³/mol. The Hall–Kier alpha value is -1.98. The molecule has 0 bridgehead atoms. The van der Waals surface area contributed by atoms with Gasteiger partial charge in [0.25, 0.3) is 5.91 Å². The Kier molecular flexibility index (Phi) is 6.50. The van der Waals surface area contributed by atoms with Crippen molar-refractivity contribution >= 4 is 17.5 Å². The summed E-state index contributed by atoms with van der Waals surface area (Å²) in [5, 5.41) is 0.356. The molecular weight excluding hydrogens is 318 g/mol. The van der Waals surface area contributed by atoms with Crippen LogP contribution in [0, 0.1) is 0 Å². The maximum atomic E-state index is 12.7. The molecule has 23 heavy (non-hydrogen) atoms. The first-order valence-corrected chi connectivity index (χ1v) is 7.73. The summed E-state index contributed by atoms with van der Waals surface area (Å²) < 4.78 is 16.4. The average Bonchev–Trinajstić information content (AvgIpc) is 2.59. The van der Waals surface area contributed by atoms with Gasteiger partial charge >= 0.3 is 0 Å². The van der Waals surface area contributed by atoms with Gasteiger partial charge in [-0.2, -0.15) is 0 Å². The van der Waals surface area contributed by atoms with E-state index in [0.29, 0.717) is 55.0 Å². The Morgan fingerprint density at radius 1 is 1.17 bits per heavy atom. The summed E-state index contributed by atoms with van der Waals surface area (Å²) in [6.07, 6.45) is 3.23. The van der Waals surface area contributed by atoms with Crippen LogP contribution in [0.1, 0.15) is 10.4 Å². The highest BCUT2D eigenvalue weighted by molar-refractivity contribution is 6.32. The number of halogens is 1. The SMILES string of the molecule is C=CCOc1cc(OCC=C)c(C(=O)N2CCOCC2)cc1Cl.